The molecule has 1 amide bonds. The van der Waals surface area contributed by atoms with Crippen LogP contribution in [0, 0.1) is 5.82 Å². The van der Waals surface area contributed by atoms with E-state index < -0.39 is 23.5 Å². The van der Waals surface area contributed by atoms with E-state index in [1.165, 1.54) is 12.1 Å². The summed E-state index contributed by atoms with van der Waals surface area (Å²) in [6.07, 6.45) is -4.45. The molecule has 0 saturated heterocycles. The van der Waals surface area contributed by atoms with Crippen LogP contribution in [0.3, 0.4) is 0 Å². The van der Waals surface area contributed by atoms with Gasteiger partial charge in [0.2, 0.25) is 0 Å². The van der Waals surface area contributed by atoms with Gasteiger partial charge in [0.15, 0.2) is 0 Å². The van der Waals surface area contributed by atoms with E-state index in [0.29, 0.717) is 0 Å². The summed E-state index contributed by atoms with van der Waals surface area (Å²) in [5.74, 6) is -1.18. The lowest BCUT2D eigenvalue weighted by Gasteiger charge is -2.08. The van der Waals surface area contributed by atoms with Gasteiger partial charge in [0.1, 0.15) is 5.82 Å². The normalized spacial score (nSPS) is 11.3. The van der Waals surface area contributed by atoms with Crippen molar-refractivity contribution in [1.82, 2.24) is 0 Å². The number of amides is 1. The summed E-state index contributed by atoms with van der Waals surface area (Å²) in [5, 5.41) is 2.40. The van der Waals surface area contributed by atoms with Crippen LogP contribution in [0.25, 0.3) is 0 Å². The predicted octanol–water partition coefficient (Wildman–Crippen LogP) is 4.86. The molecule has 0 aliphatic rings. The van der Waals surface area contributed by atoms with Crippen molar-refractivity contribution in [1.29, 1.82) is 0 Å². The minimum atomic E-state index is -4.45. The summed E-state index contributed by atoms with van der Waals surface area (Å²) in [6.45, 7) is 0. The average Bonchev–Trinajstić information content (AvgIpc) is 2.42. The number of nitrogens with one attached hydrogen (secondary N) is 1. The Morgan fingerprint density at radius 1 is 1.05 bits per heavy atom. The monoisotopic (exact) mass is 361 g/mol. The molecule has 0 fully saturated rings. The first kappa shape index (κ1) is 15.5. The number of alkyl halides is 3. The van der Waals surface area contributed by atoms with Gasteiger partial charge >= 0.3 is 6.18 Å². The zero-order valence-corrected chi connectivity index (χ0v) is 11.9. The third-order valence-corrected chi connectivity index (χ3v) is 3.29. The van der Waals surface area contributed by atoms with Crippen molar-refractivity contribution in [2.24, 2.45) is 0 Å². The molecule has 0 bridgehead atoms. The molecule has 7 heteroatoms. The average molecular weight is 362 g/mol. The smallest absolute Gasteiger partial charge is 0.322 e. The molecular formula is C14H8BrF4NO. The van der Waals surface area contributed by atoms with Gasteiger partial charge in [-0.05, 0) is 58.4 Å². The van der Waals surface area contributed by atoms with E-state index in [-0.39, 0.29) is 15.7 Å². The van der Waals surface area contributed by atoms with Crippen molar-refractivity contribution in [2.45, 2.75) is 6.18 Å². The van der Waals surface area contributed by atoms with Gasteiger partial charge in [-0.15, -0.1) is 0 Å². The number of rotatable bonds is 2. The Labute approximate surface area is 125 Å². The zero-order valence-electron chi connectivity index (χ0n) is 10.3. The number of benzene rings is 2. The molecule has 0 radical (unpaired) electrons. The first-order valence-corrected chi connectivity index (χ1v) is 6.50. The van der Waals surface area contributed by atoms with Gasteiger partial charge in [0.05, 0.1) is 10.0 Å². The molecule has 2 aromatic rings. The highest BCUT2D eigenvalue weighted by Gasteiger charge is 2.30. The molecule has 0 spiro atoms. The van der Waals surface area contributed by atoms with Crippen LogP contribution in [-0.4, -0.2) is 5.91 Å². The highest BCUT2D eigenvalue weighted by atomic mass is 79.9. The largest absolute Gasteiger partial charge is 0.416 e. The lowest BCUT2D eigenvalue weighted by molar-refractivity contribution is -0.137. The Morgan fingerprint density at radius 2 is 1.67 bits per heavy atom. The van der Waals surface area contributed by atoms with Crippen molar-refractivity contribution in [2.75, 3.05) is 5.32 Å². The summed E-state index contributed by atoms with van der Waals surface area (Å²) >= 11 is 2.97. The number of halogens is 5. The molecule has 2 rings (SSSR count). The number of hydrogen-bond acceptors (Lipinski definition) is 1. The molecule has 0 saturated carbocycles. The standard InChI is InChI=1S/C14H8BrF4NO/c15-11-6-5-10(7-12(11)16)20-13(21)8-1-3-9(4-2-8)14(17,18)19/h1-7H,(H,20,21). The van der Waals surface area contributed by atoms with E-state index in [1.54, 1.807) is 0 Å². The number of carbonyl (C=O) groups excluding carboxylic acids is 1. The van der Waals surface area contributed by atoms with Crippen LogP contribution in [0.4, 0.5) is 23.2 Å². The fourth-order valence-electron chi connectivity index (χ4n) is 1.59. The lowest BCUT2D eigenvalue weighted by Crippen LogP contribution is -2.13. The Morgan fingerprint density at radius 3 is 2.19 bits per heavy atom. The van der Waals surface area contributed by atoms with Crippen molar-refractivity contribution < 1.29 is 22.4 Å². The maximum absolute atomic E-state index is 13.3. The Bertz CT molecular complexity index is 668. The molecule has 0 aliphatic heterocycles. The number of carbonyl (C=O) groups is 1. The molecule has 2 nitrogen and oxygen atoms in total. The van der Waals surface area contributed by atoms with Crippen LogP contribution in [-0.2, 0) is 6.18 Å². The first-order chi connectivity index (χ1) is 9.77. The van der Waals surface area contributed by atoms with Crippen molar-refractivity contribution >= 4 is 27.5 Å². The third kappa shape index (κ3) is 3.81. The first-order valence-electron chi connectivity index (χ1n) is 5.71. The fourth-order valence-corrected chi connectivity index (χ4v) is 1.83. The third-order valence-electron chi connectivity index (χ3n) is 2.65. The Hall–Kier alpha value is -1.89. The Kier molecular flexibility index (Phi) is 4.32. The molecule has 0 atom stereocenters. The van der Waals surface area contributed by atoms with Gasteiger partial charge < -0.3 is 5.32 Å². The van der Waals surface area contributed by atoms with Crippen LogP contribution in [0.15, 0.2) is 46.9 Å². The molecule has 2 aromatic carbocycles. The van der Waals surface area contributed by atoms with Gasteiger partial charge in [-0.25, -0.2) is 4.39 Å². The number of anilines is 1. The highest BCUT2D eigenvalue weighted by molar-refractivity contribution is 9.10. The SMILES string of the molecule is O=C(Nc1ccc(Br)c(F)c1)c1ccc(C(F)(F)F)cc1. The summed E-state index contributed by atoms with van der Waals surface area (Å²) < 4.78 is 50.7. The molecule has 1 N–H and O–H groups in total. The zero-order chi connectivity index (χ0) is 15.6. The van der Waals surface area contributed by atoms with E-state index >= 15 is 0 Å². The lowest BCUT2D eigenvalue weighted by atomic mass is 10.1. The van der Waals surface area contributed by atoms with E-state index in [9.17, 15) is 22.4 Å². The van der Waals surface area contributed by atoms with Gasteiger partial charge in [0, 0.05) is 11.3 Å². The van der Waals surface area contributed by atoms with Crippen LogP contribution >= 0.6 is 15.9 Å². The molecular weight excluding hydrogens is 354 g/mol. The van der Waals surface area contributed by atoms with E-state index in [4.69, 9.17) is 0 Å². The summed E-state index contributed by atoms with van der Waals surface area (Å²) in [6, 6.07) is 7.74. The fraction of sp³-hybridized carbons (Fsp3) is 0.0714. The van der Waals surface area contributed by atoms with Gasteiger partial charge in [-0.2, -0.15) is 13.2 Å². The Balaban J connectivity index is 2.15. The summed E-state index contributed by atoms with van der Waals surface area (Å²) in [4.78, 5) is 11.8. The predicted molar refractivity (Wildman–Crippen MR) is 73.5 cm³/mol. The minimum absolute atomic E-state index is 0.0475. The van der Waals surface area contributed by atoms with Gasteiger partial charge in [0.25, 0.3) is 5.91 Å². The number of hydrogen-bond donors (Lipinski definition) is 1. The molecule has 0 heterocycles. The summed E-state index contributed by atoms with van der Waals surface area (Å²) in [5.41, 5.74) is -0.583. The summed E-state index contributed by atoms with van der Waals surface area (Å²) in [7, 11) is 0. The van der Waals surface area contributed by atoms with E-state index in [1.807, 2.05) is 0 Å². The second-order valence-electron chi connectivity index (χ2n) is 4.16. The van der Waals surface area contributed by atoms with Crippen LogP contribution in [0.5, 0.6) is 0 Å². The van der Waals surface area contributed by atoms with E-state index in [0.717, 1.165) is 30.3 Å². The van der Waals surface area contributed by atoms with Crippen LogP contribution in [0.2, 0.25) is 0 Å². The second-order valence-corrected chi connectivity index (χ2v) is 5.01. The van der Waals surface area contributed by atoms with E-state index in [2.05, 4.69) is 21.2 Å². The van der Waals surface area contributed by atoms with Crippen molar-refractivity contribution in [3.63, 3.8) is 0 Å². The molecule has 0 aliphatic carbocycles. The molecule has 110 valence electrons. The molecule has 21 heavy (non-hydrogen) atoms. The van der Waals surface area contributed by atoms with Crippen LogP contribution < -0.4 is 5.32 Å². The maximum atomic E-state index is 13.3. The highest BCUT2D eigenvalue weighted by Crippen LogP contribution is 2.29. The maximum Gasteiger partial charge on any atom is 0.416 e. The minimum Gasteiger partial charge on any atom is -0.322 e. The topological polar surface area (TPSA) is 29.1 Å². The molecule has 0 unspecified atom stereocenters. The van der Waals surface area contributed by atoms with Gasteiger partial charge in [-0.3, -0.25) is 4.79 Å². The van der Waals surface area contributed by atoms with Gasteiger partial charge in [-0.1, -0.05) is 0 Å². The second kappa shape index (κ2) is 5.85. The van der Waals surface area contributed by atoms with Crippen molar-refractivity contribution in [3.05, 3.63) is 63.9 Å². The van der Waals surface area contributed by atoms with Crippen LogP contribution in [0.1, 0.15) is 15.9 Å². The van der Waals surface area contributed by atoms with Crippen molar-refractivity contribution in [3.8, 4) is 0 Å². The quantitative estimate of drug-likeness (QED) is 0.760. The molecule has 0 aromatic heterocycles.